The van der Waals surface area contributed by atoms with Crippen molar-refractivity contribution in [3.8, 4) is 0 Å². The van der Waals surface area contributed by atoms with E-state index in [0.717, 1.165) is 18.9 Å². The first-order valence-electron chi connectivity index (χ1n) is 9.27. The topological polar surface area (TPSA) is 43.7 Å². The summed E-state index contributed by atoms with van der Waals surface area (Å²) in [5.74, 6) is 0.842. The monoisotopic (exact) mass is 315 g/mol. The van der Waals surface area contributed by atoms with Crippen molar-refractivity contribution in [2.75, 3.05) is 6.54 Å². The lowest BCUT2D eigenvalue weighted by Gasteiger charge is -2.42. The molecule has 0 spiro atoms. The van der Waals surface area contributed by atoms with Gasteiger partial charge < -0.3 is 10.2 Å². The van der Waals surface area contributed by atoms with Gasteiger partial charge in [-0.15, -0.1) is 0 Å². The third kappa shape index (κ3) is 11.4. The van der Waals surface area contributed by atoms with Crippen LogP contribution in [0.2, 0.25) is 0 Å². The fourth-order valence-corrected chi connectivity index (χ4v) is 3.10. The Labute approximate surface area is 139 Å². The highest BCUT2D eigenvalue weighted by atomic mass is 16.3. The molecule has 0 aromatic heterocycles. The number of aliphatic hydroxyl groups is 2. The van der Waals surface area contributed by atoms with Crippen LogP contribution in [0.1, 0.15) is 99.3 Å². The first-order valence-corrected chi connectivity index (χ1v) is 9.27. The predicted molar refractivity (Wildman–Crippen MR) is 95.7 cm³/mol. The van der Waals surface area contributed by atoms with Gasteiger partial charge in [0.1, 0.15) is 11.4 Å². The molecule has 134 valence electrons. The maximum absolute atomic E-state index is 10.1. The number of hydrogen-bond acceptors (Lipinski definition) is 3. The molecule has 0 saturated heterocycles. The molecule has 0 bridgehead atoms. The van der Waals surface area contributed by atoms with Crippen molar-refractivity contribution in [1.29, 1.82) is 0 Å². The predicted octanol–water partition coefficient (Wildman–Crippen LogP) is 4.91. The zero-order valence-electron chi connectivity index (χ0n) is 16.0. The second-order valence-corrected chi connectivity index (χ2v) is 8.15. The van der Waals surface area contributed by atoms with E-state index in [1.54, 1.807) is 32.6 Å². The first kappa shape index (κ1) is 21.9. The molecule has 0 atom stereocenters. The minimum atomic E-state index is -0.978. The minimum absolute atomic E-state index is 0.737. The van der Waals surface area contributed by atoms with E-state index in [1.807, 2.05) is 0 Å². The Balaban J connectivity index is 3.63. The van der Waals surface area contributed by atoms with Crippen LogP contribution in [0.25, 0.3) is 0 Å². The van der Waals surface area contributed by atoms with Gasteiger partial charge in [-0.1, -0.05) is 65.2 Å². The lowest BCUT2D eigenvalue weighted by molar-refractivity contribution is -0.200. The molecule has 0 aromatic rings. The molecular formula is C19H41NO2. The molecule has 0 aliphatic carbocycles. The summed E-state index contributed by atoms with van der Waals surface area (Å²) in [6.07, 6.45) is 11.6. The van der Waals surface area contributed by atoms with Crippen molar-refractivity contribution in [1.82, 2.24) is 4.90 Å². The maximum Gasteiger partial charge on any atom is 0.115 e. The van der Waals surface area contributed by atoms with Gasteiger partial charge in [0.25, 0.3) is 0 Å². The molecule has 3 heteroatoms. The van der Waals surface area contributed by atoms with E-state index < -0.39 is 11.4 Å². The summed E-state index contributed by atoms with van der Waals surface area (Å²) in [6.45, 7) is 12.3. The summed E-state index contributed by atoms with van der Waals surface area (Å²) in [4.78, 5) is 1.77. The molecule has 0 heterocycles. The van der Waals surface area contributed by atoms with E-state index in [4.69, 9.17) is 0 Å². The highest BCUT2D eigenvalue weighted by molar-refractivity contribution is 4.78. The van der Waals surface area contributed by atoms with Crippen molar-refractivity contribution in [3.05, 3.63) is 0 Å². The van der Waals surface area contributed by atoms with E-state index in [1.165, 1.54) is 51.4 Å². The highest BCUT2D eigenvalue weighted by Gasteiger charge is 2.34. The quantitative estimate of drug-likeness (QED) is 0.375. The largest absolute Gasteiger partial charge is 0.376 e. The fraction of sp³-hybridized carbons (Fsp3) is 1.00. The molecule has 3 nitrogen and oxygen atoms in total. The van der Waals surface area contributed by atoms with Crippen LogP contribution in [-0.2, 0) is 0 Å². The Bertz CT molecular complexity index is 250. The lowest BCUT2D eigenvalue weighted by Crippen LogP contribution is -2.55. The molecule has 0 aliphatic rings. The average Bonchev–Trinajstić information content (AvgIpc) is 2.32. The summed E-state index contributed by atoms with van der Waals surface area (Å²) in [5, 5.41) is 20.3. The standard InChI is InChI=1S/C19H41NO2/c1-17(2)15-13-11-9-7-8-10-12-14-16-20(18(3,4)21)19(5,6)22/h17,21-22H,7-16H2,1-6H3. The van der Waals surface area contributed by atoms with Crippen molar-refractivity contribution in [2.45, 2.75) is 111 Å². The summed E-state index contributed by atoms with van der Waals surface area (Å²) in [6, 6.07) is 0. The van der Waals surface area contributed by atoms with E-state index in [2.05, 4.69) is 13.8 Å². The van der Waals surface area contributed by atoms with Gasteiger partial charge in [0.05, 0.1) is 0 Å². The molecule has 22 heavy (non-hydrogen) atoms. The summed E-state index contributed by atoms with van der Waals surface area (Å²) < 4.78 is 0. The van der Waals surface area contributed by atoms with Gasteiger partial charge in [0.15, 0.2) is 0 Å². The number of unbranched alkanes of at least 4 members (excludes halogenated alkanes) is 7. The average molecular weight is 316 g/mol. The SMILES string of the molecule is CC(C)CCCCCCCCCCN(C(C)(C)O)C(C)(C)O. The lowest BCUT2D eigenvalue weighted by atomic mass is 10.0. The molecule has 2 N–H and O–H groups in total. The van der Waals surface area contributed by atoms with Crippen molar-refractivity contribution in [3.63, 3.8) is 0 Å². The molecule has 0 aliphatic heterocycles. The van der Waals surface area contributed by atoms with Crippen LogP contribution in [0, 0.1) is 5.92 Å². The Morgan fingerprint density at radius 2 is 1.05 bits per heavy atom. The van der Waals surface area contributed by atoms with Gasteiger partial charge in [-0.3, -0.25) is 0 Å². The summed E-state index contributed by atoms with van der Waals surface area (Å²) in [5.41, 5.74) is -1.96. The van der Waals surface area contributed by atoms with Crippen LogP contribution in [0.3, 0.4) is 0 Å². The van der Waals surface area contributed by atoms with Gasteiger partial charge in [0.2, 0.25) is 0 Å². The number of rotatable bonds is 13. The fourth-order valence-electron chi connectivity index (χ4n) is 3.10. The second-order valence-electron chi connectivity index (χ2n) is 8.15. The Morgan fingerprint density at radius 3 is 1.41 bits per heavy atom. The van der Waals surface area contributed by atoms with E-state index in [-0.39, 0.29) is 0 Å². The first-order chi connectivity index (χ1) is 10.0. The third-order valence-electron chi connectivity index (χ3n) is 4.23. The van der Waals surface area contributed by atoms with Crippen LogP contribution in [-0.4, -0.2) is 33.1 Å². The van der Waals surface area contributed by atoms with Crippen LogP contribution < -0.4 is 0 Å². The Morgan fingerprint density at radius 1 is 0.682 bits per heavy atom. The van der Waals surface area contributed by atoms with Crippen molar-refractivity contribution >= 4 is 0 Å². The molecular weight excluding hydrogens is 274 g/mol. The van der Waals surface area contributed by atoms with Crippen molar-refractivity contribution < 1.29 is 10.2 Å². The smallest absolute Gasteiger partial charge is 0.115 e. The zero-order chi connectivity index (χ0) is 17.2. The van der Waals surface area contributed by atoms with Crippen LogP contribution in [0.15, 0.2) is 0 Å². The van der Waals surface area contributed by atoms with Crippen molar-refractivity contribution in [2.24, 2.45) is 5.92 Å². The number of nitrogens with zero attached hydrogens (tertiary/aromatic N) is 1. The van der Waals surface area contributed by atoms with E-state index >= 15 is 0 Å². The van der Waals surface area contributed by atoms with Crippen LogP contribution >= 0.6 is 0 Å². The molecule has 0 fully saturated rings. The Hall–Kier alpha value is -0.120. The molecule has 0 rings (SSSR count). The minimum Gasteiger partial charge on any atom is -0.376 e. The van der Waals surface area contributed by atoms with Gasteiger partial charge in [-0.2, -0.15) is 0 Å². The van der Waals surface area contributed by atoms with E-state index in [0.29, 0.717) is 0 Å². The third-order valence-corrected chi connectivity index (χ3v) is 4.23. The van der Waals surface area contributed by atoms with Crippen LogP contribution in [0.5, 0.6) is 0 Å². The summed E-state index contributed by atoms with van der Waals surface area (Å²) >= 11 is 0. The van der Waals surface area contributed by atoms with E-state index in [9.17, 15) is 10.2 Å². The van der Waals surface area contributed by atoms with Crippen LogP contribution in [0.4, 0.5) is 0 Å². The molecule has 0 aromatic carbocycles. The Kier molecular flexibility index (Phi) is 10.6. The normalized spacial score (nSPS) is 13.4. The van der Waals surface area contributed by atoms with Gasteiger partial charge in [0, 0.05) is 6.54 Å². The number of hydrogen-bond donors (Lipinski definition) is 2. The van der Waals surface area contributed by atoms with Gasteiger partial charge >= 0.3 is 0 Å². The summed E-state index contributed by atoms with van der Waals surface area (Å²) in [7, 11) is 0. The zero-order valence-corrected chi connectivity index (χ0v) is 16.0. The van der Waals surface area contributed by atoms with Gasteiger partial charge in [-0.25, -0.2) is 4.90 Å². The molecule has 0 radical (unpaired) electrons. The molecule has 0 saturated carbocycles. The molecule has 0 unspecified atom stereocenters. The second kappa shape index (κ2) is 10.6. The maximum atomic E-state index is 10.1. The highest BCUT2D eigenvalue weighted by Crippen LogP contribution is 2.22. The molecule has 0 amide bonds. The van der Waals surface area contributed by atoms with Gasteiger partial charge in [-0.05, 0) is 40.0 Å².